The summed E-state index contributed by atoms with van der Waals surface area (Å²) in [6, 6.07) is 6.94. The highest BCUT2D eigenvalue weighted by Gasteiger charge is 2.30. The van der Waals surface area contributed by atoms with Gasteiger partial charge in [-0.05, 0) is 43.1 Å². The number of amides is 3. The van der Waals surface area contributed by atoms with Gasteiger partial charge >= 0.3 is 5.97 Å². The second-order valence-corrected chi connectivity index (χ2v) is 11.1. The molecule has 1 aromatic carbocycles. The Morgan fingerprint density at radius 3 is 2.20 bits per heavy atom. The van der Waals surface area contributed by atoms with Crippen LogP contribution in [0.1, 0.15) is 65.4 Å². The van der Waals surface area contributed by atoms with Crippen LogP contribution >= 0.6 is 0 Å². The fraction of sp³-hybridized carbons (Fsp3) is 0.633. The normalized spacial score (nSPS) is 14.1. The first-order valence-corrected chi connectivity index (χ1v) is 14.2. The molecule has 1 aromatic rings. The predicted octanol–water partition coefficient (Wildman–Crippen LogP) is 1.85. The molecule has 41 heavy (non-hydrogen) atoms. The van der Waals surface area contributed by atoms with Gasteiger partial charge in [0, 0.05) is 25.5 Å². The fourth-order valence-electron chi connectivity index (χ4n) is 4.25. The number of carboxylic acids is 1. The number of aldehydes is 1. The zero-order valence-corrected chi connectivity index (χ0v) is 24.6. The van der Waals surface area contributed by atoms with Crippen molar-refractivity contribution in [2.45, 2.75) is 84.4 Å². The van der Waals surface area contributed by atoms with Crippen LogP contribution in [0, 0.1) is 17.8 Å². The molecule has 230 valence electrons. The second-order valence-electron chi connectivity index (χ2n) is 11.1. The van der Waals surface area contributed by atoms with E-state index in [-0.39, 0.29) is 50.2 Å². The molecular weight excluding hydrogens is 530 g/mol. The molecule has 0 aliphatic heterocycles. The average Bonchev–Trinajstić information content (AvgIpc) is 2.90. The van der Waals surface area contributed by atoms with Gasteiger partial charge in [0.05, 0.1) is 18.6 Å². The minimum atomic E-state index is -1.42. The molecule has 4 atom stereocenters. The van der Waals surface area contributed by atoms with Crippen molar-refractivity contribution in [1.82, 2.24) is 16.0 Å². The van der Waals surface area contributed by atoms with Crippen molar-refractivity contribution in [3.63, 3.8) is 0 Å². The number of aliphatic carboxylic acids is 1. The van der Waals surface area contributed by atoms with Crippen LogP contribution in [-0.2, 0) is 35.1 Å². The molecular formula is C30H47N3O8. The van der Waals surface area contributed by atoms with Crippen LogP contribution in [-0.4, -0.2) is 78.1 Å². The lowest BCUT2D eigenvalue weighted by atomic mass is 9.89. The topological polar surface area (TPSA) is 171 Å². The van der Waals surface area contributed by atoms with Crippen molar-refractivity contribution in [2.24, 2.45) is 17.8 Å². The first-order valence-electron chi connectivity index (χ1n) is 14.2. The Hall–Kier alpha value is -3.31. The van der Waals surface area contributed by atoms with E-state index in [1.165, 1.54) is 0 Å². The number of hydrogen-bond acceptors (Lipinski definition) is 7. The van der Waals surface area contributed by atoms with E-state index in [9.17, 15) is 34.2 Å². The summed E-state index contributed by atoms with van der Waals surface area (Å²) in [5.41, 5.74) is 0.833. The lowest BCUT2D eigenvalue weighted by molar-refractivity contribution is -0.143. The summed E-state index contributed by atoms with van der Waals surface area (Å²) in [5, 5.41) is 28.9. The molecule has 1 rings (SSSR count). The quantitative estimate of drug-likeness (QED) is 0.109. The van der Waals surface area contributed by atoms with Crippen LogP contribution in [0.25, 0.3) is 0 Å². The third-order valence-corrected chi connectivity index (χ3v) is 6.33. The maximum absolute atomic E-state index is 13.0. The highest BCUT2D eigenvalue weighted by atomic mass is 16.5. The van der Waals surface area contributed by atoms with Gasteiger partial charge in [-0.2, -0.15) is 0 Å². The highest BCUT2D eigenvalue weighted by Crippen LogP contribution is 2.19. The SMILES string of the molecule is CC(C)CNC(=O)[C@H](CCCOCC=O)C[C@H](O)[C@H](Cc1ccccc1)NC(=O)C[C@H](NC(=O)CC(C)C)C(=O)O. The predicted molar refractivity (Wildman–Crippen MR) is 154 cm³/mol. The molecule has 11 heteroatoms. The summed E-state index contributed by atoms with van der Waals surface area (Å²) >= 11 is 0. The van der Waals surface area contributed by atoms with Crippen molar-refractivity contribution in [2.75, 3.05) is 19.8 Å². The van der Waals surface area contributed by atoms with Gasteiger partial charge in [0.2, 0.25) is 17.7 Å². The number of benzene rings is 1. The molecule has 0 saturated carbocycles. The lowest BCUT2D eigenvalue weighted by Crippen LogP contribution is -2.50. The van der Waals surface area contributed by atoms with Crippen molar-refractivity contribution >= 4 is 30.0 Å². The Morgan fingerprint density at radius 2 is 1.61 bits per heavy atom. The minimum absolute atomic E-state index is 0.0194. The van der Waals surface area contributed by atoms with Gasteiger partial charge in [0.1, 0.15) is 18.9 Å². The van der Waals surface area contributed by atoms with Crippen molar-refractivity contribution in [1.29, 1.82) is 0 Å². The summed E-state index contributed by atoms with van der Waals surface area (Å²) in [7, 11) is 0. The van der Waals surface area contributed by atoms with E-state index in [2.05, 4.69) is 16.0 Å². The van der Waals surface area contributed by atoms with E-state index in [0.29, 0.717) is 25.7 Å². The van der Waals surface area contributed by atoms with Crippen LogP contribution in [0.3, 0.4) is 0 Å². The molecule has 0 aliphatic rings. The molecule has 0 radical (unpaired) electrons. The van der Waals surface area contributed by atoms with Crippen molar-refractivity contribution in [3.05, 3.63) is 35.9 Å². The summed E-state index contributed by atoms with van der Waals surface area (Å²) in [5.74, 6) is -3.01. The molecule has 5 N–H and O–H groups in total. The largest absolute Gasteiger partial charge is 0.480 e. The van der Waals surface area contributed by atoms with E-state index in [0.717, 1.165) is 5.56 Å². The Labute approximate surface area is 242 Å². The molecule has 0 aliphatic carbocycles. The van der Waals surface area contributed by atoms with E-state index in [1.54, 1.807) is 0 Å². The summed E-state index contributed by atoms with van der Waals surface area (Å²) in [6.45, 7) is 8.31. The Bertz CT molecular complexity index is 954. The lowest BCUT2D eigenvalue weighted by Gasteiger charge is -2.28. The summed E-state index contributed by atoms with van der Waals surface area (Å²) < 4.78 is 5.20. The number of carbonyl (C=O) groups excluding carboxylic acids is 4. The van der Waals surface area contributed by atoms with Crippen molar-refractivity contribution in [3.8, 4) is 0 Å². The summed E-state index contributed by atoms with van der Waals surface area (Å²) in [4.78, 5) is 60.4. The molecule has 0 unspecified atom stereocenters. The fourth-order valence-corrected chi connectivity index (χ4v) is 4.25. The molecule has 0 heterocycles. The third kappa shape index (κ3) is 15.9. The highest BCUT2D eigenvalue weighted by molar-refractivity contribution is 5.88. The second kappa shape index (κ2) is 19.7. The van der Waals surface area contributed by atoms with E-state index >= 15 is 0 Å². The third-order valence-electron chi connectivity index (χ3n) is 6.33. The van der Waals surface area contributed by atoms with Crippen molar-refractivity contribution < 1.29 is 38.9 Å². The van der Waals surface area contributed by atoms with E-state index in [1.807, 2.05) is 58.0 Å². The number of aliphatic hydroxyl groups is 1. The number of carbonyl (C=O) groups is 5. The Morgan fingerprint density at radius 1 is 0.951 bits per heavy atom. The van der Waals surface area contributed by atoms with Gasteiger partial charge in [-0.15, -0.1) is 0 Å². The number of hydrogen-bond donors (Lipinski definition) is 5. The molecule has 0 spiro atoms. The van der Waals surface area contributed by atoms with Gasteiger partial charge in [0.25, 0.3) is 0 Å². The van der Waals surface area contributed by atoms with Gasteiger partial charge < -0.3 is 35.7 Å². The van der Waals surface area contributed by atoms with Crippen LogP contribution in [0.15, 0.2) is 30.3 Å². The molecule has 0 fully saturated rings. The van der Waals surface area contributed by atoms with E-state index in [4.69, 9.17) is 4.74 Å². The number of carboxylic acid groups (broad SMARTS) is 1. The molecule has 0 saturated heterocycles. The van der Waals surface area contributed by atoms with Gasteiger partial charge in [-0.1, -0.05) is 58.0 Å². The maximum Gasteiger partial charge on any atom is 0.326 e. The monoisotopic (exact) mass is 577 g/mol. The molecule has 3 amide bonds. The smallest absolute Gasteiger partial charge is 0.326 e. The Kier molecular flexibility index (Phi) is 17.2. The molecule has 11 nitrogen and oxygen atoms in total. The average molecular weight is 578 g/mol. The number of rotatable bonds is 21. The first-order chi connectivity index (χ1) is 19.4. The van der Waals surface area contributed by atoms with Gasteiger partial charge in [-0.3, -0.25) is 14.4 Å². The molecule has 0 aromatic heterocycles. The Balaban J connectivity index is 3.04. The number of aliphatic hydroxyl groups excluding tert-OH is 1. The zero-order valence-electron chi connectivity index (χ0n) is 24.6. The number of nitrogens with one attached hydrogen (secondary N) is 3. The molecule has 0 bridgehead atoms. The number of ether oxygens (including phenoxy) is 1. The zero-order chi connectivity index (χ0) is 30.8. The van der Waals surface area contributed by atoms with Crippen LogP contribution in [0.4, 0.5) is 0 Å². The van der Waals surface area contributed by atoms with E-state index < -0.39 is 48.3 Å². The maximum atomic E-state index is 13.0. The standard InChI is InChI=1S/C30H47N3O8/c1-20(2)15-27(36)33-25(30(39)40)18-28(37)32-24(16-22-9-6-5-7-10-22)26(35)17-23(11-8-13-41-14-12-34)29(38)31-19-21(3)4/h5-7,9-10,12,20-21,23-26,35H,8,11,13-19H2,1-4H3,(H,31,38)(H,32,37)(H,33,36)(H,39,40)/t23-,24+,25+,26+/m1/s1. The van der Waals surface area contributed by atoms with Gasteiger partial charge in [0.15, 0.2) is 0 Å². The van der Waals surface area contributed by atoms with Crippen LogP contribution < -0.4 is 16.0 Å². The van der Waals surface area contributed by atoms with Crippen LogP contribution in [0.2, 0.25) is 0 Å². The minimum Gasteiger partial charge on any atom is -0.480 e. The first kappa shape index (κ1) is 35.7. The summed E-state index contributed by atoms with van der Waals surface area (Å²) in [6.07, 6.45) is 0.310. The van der Waals surface area contributed by atoms with Gasteiger partial charge in [-0.25, -0.2) is 4.79 Å². The van der Waals surface area contributed by atoms with Crippen LogP contribution in [0.5, 0.6) is 0 Å².